The second-order valence-corrected chi connectivity index (χ2v) is 6.59. The summed E-state index contributed by atoms with van der Waals surface area (Å²) < 4.78 is 4.64. The van der Waals surface area contributed by atoms with Gasteiger partial charge in [-0.15, -0.1) is 9.13 Å². The van der Waals surface area contributed by atoms with Crippen molar-refractivity contribution in [2.24, 2.45) is 0 Å². The fourth-order valence-electron chi connectivity index (χ4n) is 3.51. The minimum absolute atomic E-state index is 0.811. The maximum atomic E-state index is 2.32. The number of fused-ring (bicyclic) bond motifs is 2. The molecule has 124 valence electrons. The molecule has 0 saturated heterocycles. The van der Waals surface area contributed by atoms with Gasteiger partial charge in [-0.1, -0.05) is 26.0 Å². The molecule has 0 fully saturated rings. The Balaban J connectivity index is 1.80. The maximum Gasteiger partial charge on any atom is 0.344 e. The highest BCUT2D eigenvalue weighted by Gasteiger charge is 2.16. The van der Waals surface area contributed by atoms with Crippen LogP contribution in [0.2, 0.25) is 0 Å². The van der Waals surface area contributed by atoms with E-state index < -0.39 is 0 Å². The first-order chi connectivity index (χ1) is 12.3. The molecule has 4 aromatic rings. The van der Waals surface area contributed by atoms with Gasteiger partial charge >= 0.3 is 6.67 Å². The van der Waals surface area contributed by atoms with E-state index in [1.165, 1.54) is 32.9 Å². The van der Waals surface area contributed by atoms with E-state index in [-0.39, 0.29) is 0 Å². The van der Waals surface area contributed by atoms with E-state index in [1.807, 2.05) is 0 Å². The Bertz CT molecular complexity index is 965. The third kappa shape index (κ3) is 3.00. The van der Waals surface area contributed by atoms with Crippen molar-refractivity contribution in [3.05, 3.63) is 84.2 Å². The summed E-state index contributed by atoms with van der Waals surface area (Å²) in [4.78, 5) is 0. The molecule has 25 heavy (non-hydrogen) atoms. The van der Waals surface area contributed by atoms with Crippen LogP contribution in [0.15, 0.2) is 73.1 Å². The molecule has 0 amide bonds. The molecule has 2 heterocycles. The van der Waals surface area contributed by atoms with Crippen LogP contribution >= 0.6 is 0 Å². The molecule has 0 unspecified atom stereocenters. The van der Waals surface area contributed by atoms with Crippen LogP contribution in [0.3, 0.4) is 0 Å². The topological polar surface area (TPSA) is 7.76 Å². The molecule has 0 aliphatic carbocycles. The van der Waals surface area contributed by atoms with E-state index in [2.05, 4.69) is 96.0 Å². The fraction of sp³-hybridized carbons (Fsp3) is 0.217. The monoisotopic (exact) mass is 328 g/mol. The van der Waals surface area contributed by atoms with Gasteiger partial charge in [-0.2, -0.15) is 0 Å². The number of benzene rings is 2. The lowest BCUT2D eigenvalue weighted by molar-refractivity contribution is -0.890. The number of pyridine rings is 2. The average Bonchev–Trinajstić information content (AvgIpc) is 2.67. The van der Waals surface area contributed by atoms with Crippen LogP contribution < -0.4 is 9.13 Å². The third-order valence-electron chi connectivity index (χ3n) is 5.01. The lowest BCUT2D eigenvalue weighted by Crippen LogP contribution is -2.51. The van der Waals surface area contributed by atoms with Crippen molar-refractivity contribution in [2.75, 3.05) is 0 Å². The molecule has 0 saturated carbocycles. The Hall–Kier alpha value is -2.74. The van der Waals surface area contributed by atoms with Gasteiger partial charge in [0.25, 0.3) is 0 Å². The second-order valence-electron chi connectivity index (χ2n) is 6.59. The molecule has 0 spiro atoms. The van der Waals surface area contributed by atoms with Crippen LogP contribution in [0, 0.1) is 0 Å². The molecule has 0 N–H and O–H groups in total. The van der Waals surface area contributed by atoms with Gasteiger partial charge in [0.1, 0.15) is 0 Å². The van der Waals surface area contributed by atoms with Crippen LogP contribution in [-0.4, -0.2) is 0 Å². The number of aryl methyl sites for hydroxylation is 2. The number of rotatable bonds is 4. The average molecular weight is 328 g/mol. The van der Waals surface area contributed by atoms with Crippen molar-refractivity contribution in [2.45, 2.75) is 33.4 Å². The number of hydrogen-bond donors (Lipinski definition) is 0. The first kappa shape index (κ1) is 15.8. The van der Waals surface area contributed by atoms with Crippen LogP contribution in [0.4, 0.5) is 0 Å². The van der Waals surface area contributed by atoms with E-state index in [1.54, 1.807) is 0 Å². The summed E-state index contributed by atoms with van der Waals surface area (Å²) >= 11 is 0. The van der Waals surface area contributed by atoms with E-state index in [0.717, 1.165) is 19.5 Å². The molecule has 0 aliphatic rings. The van der Waals surface area contributed by atoms with Crippen LogP contribution in [-0.2, 0) is 19.5 Å². The van der Waals surface area contributed by atoms with Gasteiger partial charge in [-0.25, -0.2) is 0 Å². The summed E-state index contributed by atoms with van der Waals surface area (Å²) in [7, 11) is 0. The minimum Gasteiger partial charge on any atom is -0.139 e. The van der Waals surface area contributed by atoms with Crippen LogP contribution in [0.5, 0.6) is 0 Å². The van der Waals surface area contributed by atoms with Gasteiger partial charge in [0.2, 0.25) is 11.0 Å². The van der Waals surface area contributed by atoms with E-state index >= 15 is 0 Å². The molecule has 0 atom stereocenters. The highest BCUT2D eigenvalue weighted by Crippen LogP contribution is 2.14. The molecule has 4 rings (SSSR count). The number of nitrogens with zero attached hydrogens (tertiary/aromatic N) is 2. The summed E-state index contributed by atoms with van der Waals surface area (Å²) in [6, 6.07) is 22.2. The zero-order chi connectivity index (χ0) is 17.2. The summed E-state index contributed by atoms with van der Waals surface area (Å²) in [5, 5.41) is 2.60. The summed E-state index contributed by atoms with van der Waals surface area (Å²) in [6.45, 7) is 5.22. The Labute approximate surface area is 149 Å². The zero-order valence-corrected chi connectivity index (χ0v) is 14.9. The molecule has 0 radical (unpaired) electrons. The first-order valence-corrected chi connectivity index (χ1v) is 9.10. The van der Waals surface area contributed by atoms with Crippen LogP contribution in [0.25, 0.3) is 21.8 Å². The van der Waals surface area contributed by atoms with E-state index in [4.69, 9.17) is 0 Å². The third-order valence-corrected chi connectivity index (χ3v) is 5.01. The van der Waals surface area contributed by atoms with Crippen LogP contribution in [0.1, 0.15) is 25.0 Å². The van der Waals surface area contributed by atoms with E-state index in [9.17, 15) is 0 Å². The summed E-state index contributed by atoms with van der Waals surface area (Å²) in [6.07, 6.45) is 6.48. The smallest absolute Gasteiger partial charge is 0.139 e. The van der Waals surface area contributed by atoms with Gasteiger partial charge < -0.3 is 0 Å². The van der Waals surface area contributed by atoms with Crippen molar-refractivity contribution >= 4 is 21.8 Å². The zero-order valence-electron chi connectivity index (χ0n) is 14.9. The predicted molar refractivity (Wildman–Crippen MR) is 102 cm³/mol. The first-order valence-electron chi connectivity index (χ1n) is 9.10. The summed E-state index contributed by atoms with van der Waals surface area (Å²) in [5.74, 6) is 0. The quantitative estimate of drug-likeness (QED) is 0.496. The van der Waals surface area contributed by atoms with Crippen molar-refractivity contribution in [3.8, 4) is 0 Å². The highest BCUT2D eigenvalue weighted by molar-refractivity contribution is 5.77. The maximum absolute atomic E-state index is 2.32. The molecular formula is C23H24N2+2. The second kappa shape index (κ2) is 6.64. The highest BCUT2D eigenvalue weighted by atomic mass is 15.1. The molecule has 2 nitrogen and oxygen atoms in total. The Kier molecular flexibility index (Phi) is 4.19. The SMILES string of the molecule is CCc1ccc2c(ccc[n+]2C[n+]2cccc3cc(CC)ccc32)c1. The van der Waals surface area contributed by atoms with Crippen molar-refractivity contribution in [1.29, 1.82) is 0 Å². The number of hydrogen-bond acceptors (Lipinski definition) is 0. The van der Waals surface area contributed by atoms with Gasteiger partial charge in [0.15, 0.2) is 12.4 Å². The molecular weight excluding hydrogens is 304 g/mol. The van der Waals surface area contributed by atoms with Gasteiger partial charge in [-0.3, -0.25) is 0 Å². The molecule has 2 aromatic carbocycles. The van der Waals surface area contributed by atoms with Gasteiger partial charge in [0.05, 0.1) is 0 Å². The Morgan fingerprint density at radius 2 is 1.12 bits per heavy atom. The fourth-order valence-corrected chi connectivity index (χ4v) is 3.51. The Morgan fingerprint density at radius 3 is 1.56 bits per heavy atom. The molecule has 0 aliphatic heterocycles. The standard InChI is InChI=1S/C23H24N2/c1-3-18-9-11-22-20(15-18)7-5-13-24(22)17-25-14-6-8-21-16-19(4-2)10-12-23(21)25/h5-16H,3-4,17H2,1-2H3/q+2. The lowest BCUT2D eigenvalue weighted by atomic mass is 10.1. The molecule has 2 aromatic heterocycles. The largest absolute Gasteiger partial charge is 0.344 e. The van der Waals surface area contributed by atoms with Crippen molar-refractivity contribution < 1.29 is 9.13 Å². The normalized spacial score (nSPS) is 11.3. The number of aromatic nitrogens is 2. The van der Waals surface area contributed by atoms with Gasteiger partial charge in [-0.05, 0) is 48.2 Å². The van der Waals surface area contributed by atoms with E-state index in [0.29, 0.717) is 0 Å². The molecule has 0 bridgehead atoms. The van der Waals surface area contributed by atoms with Gasteiger partial charge in [0, 0.05) is 35.0 Å². The summed E-state index contributed by atoms with van der Waals surface area (Å²) in [5.41, 5.74) is 5.31. The lowest BCUT2D eigenvalue weighted by Gasteiger charge is -2.04. The predicted octanol–water partition coefficient (Wildman–Crippen LogP) is 4.20. The van der Waals surface area contributed by atoms with Crippen molar-refractivity contribution in [3.63, 3.8) is 0 Å². The molecule has 2 heteroatoms. The minimum atomic E-state index is 0.811. The van der Waals surface area contributed by atoms with Crippen molar-refractivity contribution in [1.82, 2.24) is 0 Å². The Morgan fingerprint density at radius 1 is 0.640 bits per heavy atom.